The zero-order chi connectivity index (χ0) is 24.4. The minimum Gasteiger partial charge on any atom is -0.458 e. The van der Waals surface area contributed by atoms with Crippen molar-refractivity contribution in [3.8, 4) is 0 Å². The quantitative estimate of drug-likeness (QED) is 0.600. The van der Waals surface area contributed by atoms with Crippen LogP contribution in [-0.2, 0) is 19.1 Å². The summed E-state index contributed by atoms with van der Waals surface area (Å²) >= 11 is 0. The second kappa shape index (κ2) is 8.44. The van der Waals surface area contributed by atoms with Crippen molar-refractivity contribution in [2.75, 3.05) is 13.7 Å². The lowest BCUT2D eigenvalue weighted by Crippen LogP contribution is -2.56. The lowest BCUT2D eigenvalue weighted by Gasteiger charge is -2.58. The number of ether oxygens (including phenoxy) is 2. The number of esters is 1. The molecule has 0 aromatic rings. The Morgan fingerprint density at radius 1 is 1.21 bits per heavy atom. The number of rotatable bonds is 4. The largest absolute Gasteiger partial charge is 0.458 e. The Hall–Kier alpha value is -1.72. The Morgan fingerprint density at radius 2 is 1.97 bits per heavy atom. The van der Waals surface area contributed by atoms with Crippen LogP contribution in [0.5, 0.6) is 0 Å². The summed E-state index contributed by atoms with van der Waals surface area (Å²) in [6.45, 7) is 8.58. The molecule has 0 bridgehead atoms. The Labute approximate surface area is 203 Å². The predicted molar refractivity (Wildman–Crippen MR) is 130 cm³/mol. The summed E-state index contributed by atoms with van der Waals surface area (Å²) in [4.78, 5) is 25.8. The van der Waals surface area contributed by atoms with Crippen LogP contribution in [0.1, 0.15) is 66.2 Å². The summed E-state index contributed by atoms with van der Waals surface area (Å²) in [5.41, 5.74) is 2.26. The standard InChI is InChI=1S/C29H40O5/c1-16-13-23(34-27(32)19(16)15-30)17(2)20-9-10-21-26-22(11-12-28(20,21)3)29(4)18(14-24(26)33-5)7-6-8-25(29)31/h6-7,14,17,20-24,26,30H,8-13,15H2,1-5H3. The Bertz CT molecular complexity index is 975. The number of aliphatic hydroxyl groups excluding tert-OH is 1. The van der Waals surface area contributed by atoms with E-state index in [9.17, 15) is 14.7 Å². The van der Waals surface area contributed by atoms with E-state index in [0.29, 0.717) is 47.9 Å². The van der Waals surface area contributed by atoms with Crippen molar-refractivity contribution in [2.45, 2.75) is 78.4 Å². The van der Waals surface area contributed by atoms with Crippen molar-refractivity contribution < 1.29 is 24.2 Å². The number of hydrogen-bond donors (Lipinski definition) is 1. The van der Waals surface area contributed by atoms with E-state index in [1.165, 1.54) is 0 Å². The van der Waals surface area contributed by atoms with Crippen LogP contribution < -0.4 is 0 Å². The van der Waals surface area contributed by atoms with Gasteiger partial charge in [0.25, 0.3) is 0 Å². The van der Waals surface area contributed by atoms with Gasteiger partial charge in [0.15, 0.2) is 0 Å². The molecule has 5 heteroatoms. The van der Waals surface area contributed by atoms with Gasteiger partial charge in [0.1, 0.15) is 11.9 Å². The Morgan fingerprint density at radius 3 is 2.65 bits per heavy atom. The highest BCUT2D eigenvalue weighted by Gasteiger charge is 2.63. The number of allylic oxidation sites excluding steroid dienone is 3. The first-order chi connectivity index (χ1) is 16.2. The smallest absolute Gasteiger partial charge is 0.336 e. The lowest BCUT2D eigenvalue weighted by atomic mass is 9.46. The molecule has 0 amide bonds. The molecule has 186 valence electrons. The van der Waals surface area contributed by atoms with E-state index in [1.54, 1.807) is 0 Å². The number of cyclic esters (lactones) is 1. The van der Waals surface area contributed by atoms with Crippen molar-refractivity contribution in [3.05, 3.63) is 34.9 Å². The van der Waals surface area contributed by atoms with Gasteiger partial charge in [-0.15, -0.1) is 0 Å². The minimum atomic E-state index is -0.402. The van der Waals surface area contributed by atoms with Gasteiger partial charge in [-0.2, -0.15) is 0 Å². The van der Waals surface area contributed by atoms with Crippen LogP contribution in [0.2, 0.25) is 0 Å². The van der Waals surface area contributed by atoms with Crippen LogP contribution >= 0.6 is 0 Å². The molecule has 0 spiro atoms. The van der Waals surface area contributed by atoms with Crippen LogP contribution in [0.4, 0.5) is 0 Å². The van der Waals surface area contributed by atoms with Gasteiger partial charge < -0.3 is 14.6 Å². The van der Waals surface area contributed by atoms with Gasteiger partial charge in [-0.05, 0) is 80.1 Å². The average Bonchev–Trinajstić information content (AvgIpc) is 3.16. The van der Waals surface area contributed by atoms with Crippen molar-refractivity contribution in [3.63, 3.8) is 0 Å². The fourth-order valence-corrected chi connectivity index (χ4v) is 8.83. The molecule has 1 N–H and O–H groups in total. The van der Waals surface area contributed by atoms with Crippen molar-refractivity contribution in [1.29, 1.82) is 0 Å². The first-order valence-corrected chi connectivity index (χ1v) is 13.1. The number of carbonyl (C=O) groups is 2. The van der Waals surface area contributed by atoms with Gasteiger partial charge in [-0.25, -0.2) is 4.79 Å². The maximum absolute atomic E-state index is 13.3. The number of aliphatic hydroxyl groups is 1. The van der Waals surface area contributed by atoms with E-state index in [1.807, 2.05) is 20.1 Å². The van der Waals surface area contributed by atoms with Gasteiger partial charge in [0.2, 0.25) is 0 Å². The summed E-state index contributed by atoms with van der Waals surface area (Å²) in [6.07, 6.45) is 11.9. The van der Waals surface area contributed by atoms with Crippen LogP contribution in [-0.4, -0.2) is 42.8 Å². The van der Waals surface area contributed by atoms with Gasteiger partial charge in [0, 0.05) is 20.0 Å². The van der Waals surface area contributed by atoms with Crippen molar-refractivity contribution in [1.82, 2.24) is 0 Å². The predicted octanol–water partition coefficient (Wildman–Crippen LogP) is 4.80. The lowest BCUT2D eigenvalue weighted by molar-refractivity contribution is -0.153. The normalized spacial score (nSPS) is 44.7. The molecule has 5 nitrogen and oxygen atoms in total. The molecular weight excluding hydrogens is 428 g/mol. The molecule has 0 aromatic heterocycles. The number of hydrogen-bond acceptors (Lipinski definition) is 5. The molecule has 0 saturated heterocycles. The molecule has 0 aromatic carbocycles. The third kappa shape index (κ3) is 3.26. The fourth-order valence-electron chi connectivity index (χ4n) is 8.83. The maximum Gasteiger partial charge on any atom is 0.336 e. The molecule has 1 aliphatic heterocycles. The van der Waals surface area contributed by atoms with Crippen molar-refractivity contribution >= 4 is 11.8 Å². The van der Waals surface area contributed by atoms with E-state index in [2.05, 4.69) is 32.9 Å². The van der Waals surface area contributed by atoms with E-state index < -0.39 is 5.41 Å². The summed E-state index contributed by atoms with van der Waals surface area (Å²) in [5, 5.41) is 9.54. The third-order valence-corrected chi connectivity index (χ3v) is 10.8. The van der Waals surface area contributed by atoms with E-state index >= 15 is 0 Å². The molecule has 5 aliphatic rings. The fraction of sp³-hybridized carbons (Fsp3) is 0.724. The number of carbonyl (C=O) groups excluding carboxylic acids is 2. The van der Waals surface area contributed by atoms with Gasteiger partial charge in [-0.1, -0.05) is 37.6 Å². The van der Waals surface area contributed by atoms with Crippen LogP contribution in [0.15, 0.2) is 34.9 Å². The van der Waals surface area contributed by atoms with Gasteiger partial charge in [-0.3, -0.25) is 4.79 Å². The Balaban J connectivity index is 1.45. The van der Waals surface area contributed by atoms with Gasteiger partial charge in [0.05, 0.1) is 23.7 Å². The molecule has 2 fully saturated rings. The highest BCUT2D eigenvalue weighted by Crippen LogP contribution is 2.67. The first-order valence-electron chi connectivity index (χ1n) is 13.1. The maximum atomic E-state index is 13.3. The minimum absolute atomic E-state index is 0.0344. The number of Topliss-reactive ketones (excluding diaryl/α,β-unsaturated/α-hetero) is 1. The summed E-state index contributed by atoms with van der Waals surface area (Å²) in [6, 6.07) is 0. The van der Waals surface area contributed by atoms with Crippen LogP contribution in [0.3, 0.4) is 0 Å². The summed E-state index contributed by atoms with van der Waals surface area (Å²) in [7, 11) is 1.81. The molecule has 1 heterocycles. The highest BCUT2D eigenvalue weighted by molar-refractivity contribution is 5.92. The van der Waals surface area contributed by atoms with E-state index in [4.69, 9.17) is 9.47 Å². The summed E-state index contributed by atoms with van der Waals surface area (Å²) < 4.78 is 12.0. The monoisotopic (exact) mass is 468 g/mol. The number of fused-ring (bicyclic) bond motifs is 5. The molecule has 5 rings (SSSR count). The third-order valence-electron chi connectivity index (χ3n) is 10.8. The average molecular weight is 469 g/mol. The van der Waals surface area contributed by atoms with Gasteiger partial charge >= 0.3 is 5.97 Å². The topological polar surface area (TPSA) is 72.8 Å². The van der Waals surface area contributed by atoms with E-state index in [-0.39, 0.29) is 36.1 Å². The number of methoxy groups -OCH3 is 1. The summed E-state index contributed by atoms with van der Waals surface area (Å²) in [5.74, 6) is 1.84. The first kappa shape index (κ1) is 24.0. The highest BCUT2D eigenvalue weighted by atomic mass is 16.5. The molecule has 4 aliphatic carbocycles. The van der Waals surface area contributed by atoms with Crippen molar-refractivity contribution in [2.24, 2.45) is 40.4 Å². The molecule has 9 unspecified atom stereocenters. The molecule has 0 radical (unpaired) electrons. The second-order valence-corrected chi connectivity index (χ2v) is 12.0. The zero-order valence-corrected chi connectivity index (χ0v) is 21.3. The molecule has 34 heavy (non-hydrogen) atoms. The van der Waals surface area contributed by atoms with E-state index in [0.717, 1.165) is 36.8 Å². The van der Waals surface area contributed by atoms with Crippen LogP contribution in [0.25, 0.3) is 0 Å². The van der Waals surface area contributed by atoms with Crippen LogP contribution in [0, 0.1) is 40.4 Å². The second-order valence-electron chi connectivity index (χ2n) is 12.0. The molecule has 2 saturated carbocycles. The number of ketones is 1. The Kier molecular flexibility index (Phi) is 5.96. The zero-order valence-electron chi connectivity index (χ0n) is 21.3. The SMILES string of the molecule is COC1C=C2C=CCC(=O)C2(C)C2CCC3(C)C(C(C)C4CC(C)=C(CO)C(=O)O4)CCC3C12. The molecule has 9 atom stereocenters. The molecular formula is C29H40O5.